The maximum Gasteiger partial charge on any atom is 0.227 e. The molecule has 1 aromatic rings. The number of hydrogen-bond donors (Lipinski definition) is 2. The molecule has 1 amide bonds. The van der Waals surface area contributed by atoms with Crippen molar-refractivity contribution in [3.8, 4) is 0 Å². The van der Waals surface area contributed by atoms with E-state index < -0.39 is 0 Å². The molecule has 0 radical (unpaired) electrons. The fourth-order valence-corrected chi connectivity index (χ4v) is 4.53. The Labute approximate surface area is 162 Å². The predicted molar refractivity (Wildman–Crippen MR) is 110 cm³/mol. The molecule has 2 aliphatic carbocycles. The van der Waals surface area contributed by atoms with Crippen LogP contribution in [0.1, 0.15) is 57.4 Å². The summed E-state index contributed by atoms with van der Waals surface area (Å²) >= 11 is 0. The van der Waals surface area contributed by atoms with E-state index in [4.69, 9.17) is 4.99 Å². The zero-order valence-electron chi connectivity index (χ0n) is 16.5. The summed E-state index contributed by atoms with van der Waals surface area (Å²) in [6, 6.07) is 8.27. The van der Waals surface area contributed by atoms with Crippen LogP contribution in [0.25, 0.3) is 0 Å². The van der Waals surface area contributed by atoms with Crippen molar-refractivity contribution in [1.82, 2.24) is 10.6 Å². The molecule has 5 nitrogen and oxygen atoms in total. The minimum Gasteiger partial charge on any atom is -0.357 e. The lowest BCUT2D eigenvalue weighted by molar-refractivity contribution is -0.117. The van der Waals surface area contributed by atoms with E-state index in [1.165, 1.54) is 37.7 Å². The molecule has 146 valence electrons. The van der Waals surface area contributed by atoms with Crippen LogP contribution in [0, 0.1) is 11.3 Å². The normalized spacial score (nSPS) is 21.9. The molecule has 2 saturated carbocycles. The van der Waals surface area contributed by atoms with Gasteiger partial charge in [0.1, 0.15) is 0 Å². The first-order chi connectivity index (χ1) is 13.2. The molecule has 2 N–H and O–H groups in total. The van der Waals surface area contributed by atoms with Gasteiger partial charge in [0.2, 0.25) is 5.91 Å². The molecule has 1 aromatic carbocycles. The van der Waals surface area contributed by atoms with Gasteiger partial charge in [0.05, 0.1) is 6.54 Å². The average molecular weight is 369 g/mol. The highest BCUT2D eigenvalue weighted by Gasteiger charge is 2.48. The Balaban J connectivity index is 1.34. The molecule has 1 aliphatic heterocycles. The van der Waals surface area contributed by atoms with E-state index in [0.29, 0.717) is 18.4 Å². The van der Waals surface area contributed by atoms with Crippen LogP contribution in [-0.2, 0) is 11.3 Å². The number of guanidine groups is 1. The molecule has 0 unspecified atom stereocenters. The van der Waals surface area contributed by atoms with Crippen molar-refractivity contribution in [3.63, 3.8) is 0 Å². The molecule has 1 heterocycles. The lowest BCUT2D eigenvalue weighted by Crippen LogP contribution is -2.47. The Hall–Kier alpha value is -2.04. The third-order valence-electron chi connectivity index (χ3n) is 6.49. The maximum absolute atomic E-state index is 11.9. The second-order valence-electron chi connectivity index (χ2n) is 8.35. The molecule has 27 heavy (non-hydrogen) atoms. The van der Waals surface area contributed by atoms with Crippen LogP contribution in [0.15, 0.2) is 29.3 Å². The van der Waals surface area contributed by atoms with Gasteiger partial charge in [-0.25, -0.2) is 4.99 Å². The number of carbonyl (C=O) groups excluding carboxylic acids is 1. The first-order valence-corrected chi connectivity index (χ1v) is 10.6. The van der Waals surface area contributed by atoms with Gasteiger partial charge in [-0.15, -0.1) is 0 Å². The highest BCUT2D eigenvalue weighted by Crippen LogP contribution is 2.56. The van der Waals surface area contributed by atoms with Gasteiger partial charge in [0.25, 0.3) is 0 Å². The highest BCUT2D eigenvalue weighted by molar-refractivity contribution is 5.95. The fourth-order valence-electron chi connectivity index (χ4n) is 4.53. The molecule has 5 heteroatoms. The Bertz CT molecular complexity index is 689. The lowest BCUT2D eigenvalue weighted by Gasteiger charge is -2.43. The minimum atomic E-state index is 0.236. The van der Waals surface area contributed by atoms with Crippen LogP contribution >= 0.6 is 0 Å². The molecule has 3 aliphatic rings. The number of aliphatic imine (C=N–C) groups is 1. The molecule has 0 atom stereocenters. The first kappa shape index (κ1) is 18.3. The third kappa shape index (κ3) is 4.12. The SMILES string of the molecule is CCNC(=NCc1ccc(N2CCCC2=O)cc1)NCC1(C2CC2)CCC1. The van der Waals surface area contributed by atoms with Crippen LogP contribution in [0.3, 0.4) is 0 Å². The summed E-state index contributed by atoms with van der Waals surface area (Å²) in [4.78, 5) is 18.5. The monoisotopic (exact) mass is 368 g/mol. The Morgan fingerprint density at radius 1 is 1.19 bits per heavy atom. The van der Waals surface area contributed by atoms with Crippen molar-refractivity contribution < 1.29 is 4.79 Å². The number of rotatable bonds is 7. The standard InChI is InChI=1S/C22H32N4O/c1-2-23-21(25-16-22(12-4-13-22)18-8-9-18)24-15-17-6-10-19(11-7-17)26-14-3-5-20(26)27/h6-7,10-11,18H,2-5,8-9,12-16H2,1H3,(H2,23,24,25). The smallest absolute Gasteiger partial charge is 0.227 e. The number of nitrogens with one attached hydrogen (secondary N) is 2. The summed E-state index contributed by atoms with van der Waals surface area (Å²) in [5, 5.41) is 6.98. The van der Waals surface area contributed by atoms with Gasteiger partial charge in [0, 0.05) is 31.7 Å². The number of hydrogen-bond acceptors (Lipinski definition) is 2. The molecule has 0 bridgehead atoms. The van der Waals surface area contributed by atoms with Gasteiger partial charge < -0.3 is 15.5 Å². The van der Waals surface area contributed by atoms with Crippen molar-refractivity contribution in [2.24, 2.45) is 16.3 Å². The Kier molecular flexibility index (Phi) is 5.37. The molecular formula is C22H32N4O. The van der Waals surface area contributed by atoms with E-state index >= 15 is 0 Å². The molecule has 0 spiro atoms. The van der Waals surface area contributed by atoms with Crippen molar-refractivity contribution in [2.45, 2.75) is 58.4 Å². The van der Waals surface area contributed by atoms with E-state index in [9.17, 15) is 4.79 Å². The van der Waals surface area contributed by atoms with Gasteiger partial charge >= 0.3 is 0 Å². The van der Waals surface area contributed by atoms with E-state index in [1.807, 2.05) is 17.0 Å². The number of nitrogens with zero attached hydrogens (tertiary/aromatic N) is 2. The summed E-state index contributed by atoms with van der Waals surface area (Å²) in [6.07, 6.45) is 8.61. The topological polar surface area (TPSA) is 56.7 Å². The predicted octanol–water partition coefficient (Wildman–Crippen LogP) is 3.45. The van der Waals surface area contributed by atoms with Gasteiger partial charge in [-0.2, -0.15) is 0 Å². The summed E-state index contributed by atoms with van der Waals surface area (Å²) in [5.41, 5.74) is 2.72. The number of benzene rings is 1. The molecule has 4 rings (SSSR count). The van der Waals surface area contributed by atoms with Crippen LogP contribution in [0.2, 0.25) is 0 Å². The van der Waals surface area contributed by atoms with Crippen LogP contribution in [0.4, 0.5) is 5.69 Å². The molecular weight excluding hydrogens is 336 g/mol. The second-order valence-corrected chi connectivity index (χ2v) is 8.35. The Morgan fingerprint density at radius 3 is 2.52 bits per heavy atom. The summed E-state index contributed by atoms with van der Waals surface area (Å²) in [5.74, 6) is 2.10. The lowest BCUT2D eigenvalue weighted by atomic mass is 9.65. The maximum atomic E-state index is 11.9. The zero-order valence-corrected chi connectivity index (χ0v) is 16.5. The van der Waals surface area contributed by atoms with Crippen molar-refractivity contribution in [3.05, 3.63) is 29.8 Å². The fraction of sp³-hybridized carbons (Fsp3) is 0.636. The molecule has 1 saturated heterocycles. The van der Waals surface area contributed by atoms with Gasteiger partial charge in [-0.05, 0) is 68.1 Å². The van der Waals surface area contributed by atoms with Gasteiger partial charge in [0.15, 0.2) is 5.96 Å². The van der Waals surface area contributed by atoms with Gasteiger partial charge in [-0.3, -0.25) is 4.79 Å². The highest BCUT2D eigenvalue weighted by atomic mass is 16.2. The van der Waals surface area contributed by atoms with Crippen molar-refractivity contribution in [1.29, 1.82) is 0 Å². The second kappa shape index (κ2) is 7.91. The van der Waals surface area contributed by atoms with Crippen molar-refractivity contribution in [2.75, 3.05) is 24.5 Å². The van der Waals surface area contributed by atoms with Crippen molar-refractivity contribution >= 4 is 17.6 Å². The van der Waals surface area contributed by atoms with E-state index in [2.05, 4.69) is 29.7 Å². The largest absolute Gasteiger partial charge is 0.357 e. The van der Waals surface area contributed by atoms with E-state index in [-0.39, 0.29) is 5.91 Å². The number of anilines is 1. The van der Waals surface area contributed by atoms with E-state index in [0.717, 1.165) is 43.6 Å². The van der Waals surface area contributed by atoms with Crippen LogP contribution in [-0.4, -0.2) is 31.5 Å². The quantitative estimate of drug-likeness (QED) is 0.572. The molecule has 0 aromatic heterocycles. The molecule has 3 fully saturated rings. The summed E-state index contributed by atoms with van der Waals surface area (Å²) < 4.78 is 0. The van der Waals surface area contributed by atoms with Gasteiger partial charge in [-0.1, -0.05) is 18.6 Å². The van der Waals surface area contributed by atoms with Crippen LogP contribution in [0.5, 0.6) is 0 Å². The number of amides is 1. The zero-order chi connectivity index (χ0) is 18.7. The van der Waals surface area contributed by atoms with E-state index in [1.54, 1.807) is 0 Å². The average Bonchev–Trinajstić information content (AvgIpc) is 3.40. The first-order valence-electron chi connectivity index (χ1n) is 10.6. The summed E-state index contributed by atoms with van der Waals surface area (Å²) in [6.45, 7) is 5.53. The van der Waals surface area contributed by atoms with Crippen LogP contribution < -0.4 is 15.5 Å². The Morgan fingerprint density at radius 2 is 1.96 bits per heavy atom. The summed E-state index contributed by atoms with van der Waals surface area (Å²) in [7, 11) is 0. The minimum absolute atomic E-state index is 0.236. The third-order valence-corrected chi connectivity index (χ3v) is 6.49. The number of carbonyl (C=O) groups is 1.